The van der Waals surface area contributed by atoms with Gasteiger partial charge in [0.1, 0.15) is 0 Å². The lowest BCUT2D eigenvalue weighted by Gasteiger charge is -1.94. The Balaban J connectivity index is 0. The van der Waals surface area contributed by atoms with Crippen LogP contribution in [0.4, 0.5) is 0 Å². The van der Waals surface area contributed by atoms with E-state index in [9.17, 15) is 0 Å². The summed E-state index contributed by atoms with van der Waals surface area (Å²) in [6.07, 6.45) is 1.95. The highest BCUT2D eigenvalue weighted by Gasteiger charge is 1.88. The molecule has 0 N–H and O–H groups in total. The number of halogens is 1. The Labute approximate surface area is 80.8 Å². The molecule has 0 aliphatic heterocycles. The summed E-state index contributed by atoms with van der Waals surface area (Å²) in [5.74, 6) is 0. The summed E-state index contributed by atoms with van der Waals surface area (Å²) >= 11 is 3.26. The Morgan fingerprint density at radius 3 is 1.82 bits per heavy atom. The van der Waals surface area contributed by atoms with E-state index in [-0.39, 0.29) is 0 Å². The monoisotopic (exact) mass is 234 g/mol. The number of hydrogen-bond acceptors (Lipinski definition) is 0. The first kappa shape index (κ1) is 13.7. The van der Waals surface area contributed by atoms with Gasteiger partial charge in [-0.25, -0.2) is 0 Å². The minimum atomic E-state index is 0.908. The molecule has 0 saturated heterocycles. The van der Waals surface area contributed by atoms with Crippen molar-refractivity contribution in [2.75, 3.05) is 0 Å². The molecular formula is C9H16BrP. The van der Waals surface area contributed by atoms with Gasteiger partial charge in [-0.05, 0) is 17.8 Å². The van der Waals surface area contributed by atoms with Gasteiger partial charge in [-0.2, -0.15) is 0 Å². The highest BCUT2D eigenvalue weighted by Crippen LogP contribution is 2.17. The minimum absolute atomic E-state index is 0.908. The Morgan fingerprint density at radius 1 is 1.36 bits per heavy atom. The van der Waals surface area contributed by atoms with E-state index < -0.39 is 0 Å². The molecule has 0 fully saturated rings. The molecule has 1 unspecified atom stereocenters. The van der Waals surface area contributed by atoms with E-state index in [4.69, 9.17) is 0 Å². The van der Waals surface area contributed by atoms with Crippen molar-refractivity contribution < 1.29 is 0 Å². The molecule has 0 spiro atoms. The SMILES string of the molecule is C=C(P)/C=C(/C)C(=C)Br.CC. The van der Waals surface area contributed by atoms with Crippen LogP contribution in [-0.2, 0) is 0 Å². The molecule has 0 aliphatic rings. The van der Waals surface area contributed by atoms with Crippen molar-refractivity contribution >= 4 is 25.2 Å². The zero-order chi connectivity index (χ0) is 9.44. The second kappa shape index (κ2) is 8.23. The first-order valence-corrected chi connectivity index (χ1v) is 4.88. The molecule has 0 radical (unpaired) electrons. The molecule has 0 aromatic rings. The summed E-state index contributed by atoms with van der Waals surface area (Å²) in [6.45, 7) is 13.4. The quantitative estimate of drug-likeness (QED) is 0.495. The number of hydrogen-bond donors (Lipinski definition) is 0. The van der Waals surface area contributed by atoms with Crippen molar-refractivity contribution in [3.63, 3.8) is 0 Å². The highest BCUT2D eigenvalue weighted by molar-refractivity contribution is 9.11. The van der Waals surface area contributed by atoms with E-state index in [1.165, 1.54) is 0 Å². The molecule has 0 rings (SSSR count). The van der Waals surface area contributed by atoms with E-state index in [2.05, 4.69) is 38.3 Å². The summed E-state index contributed by atoms with van der Waals surface area (Å²) in [6, 6.07) is 0. The smallest absolute Gasteiger partial charge is 0.0132 e. The second-order valence-electron chi connectivity index (χ2n) is 1.81. The number of rotatable bonds is 2. The van der Waals surface area contributed by atoms with Crippen LogP contribution in [0.5, 0.6) is 0 Å². The first-order valence-electron chi connectivity index (χ1n) is 3.51. The molecule has 0 aromatic heterocycles. The van der Waals surface area contributed by atoms with Crippen molar-refractivity contribution in [2.45, 2.75) is 20.8 Å². The van der Waals surface area contributed by atoms with Gasteiger partial charge in [0.25, 0.3) is 0 Å². The van der Waals surface area contributed by atoms with Crippen LogP contribution in [0.25, 0.3) is 0 Å². The summed E-state index contributed by atoms with van der Waals surface area (Å²) in [5.41, 5.74) is 1.11. The van der Waals surface area contributed by atoms with Crippen LogP contribution >= 0.6 is 25.2 Å². The van der Waals surface area contributed by atoms with Crippen molar-refractivity contribution in [1.29, 1.82) is 0 Å². The van der Waals surface area contributed by atoms with Crippen molar-refractivity contribution in [2.24, 2.45) is 0 Å². The van der Waals surface area contributed by atoms with Crippen molar-refractivity contribution in [1.82, 2.24) is 0 Å². The zero-order valence-electron chi connectivity index (χ0n) is 7.45. The van der Waals surface area contributed by atoms with Crippen LogP contribution in [0.1, 0.15) is 20.8 Å². The molecule has 0 heterocycles. The maximum atomic E-state index is 3.71. The molecule has 0 saturated carbocycles. The van der Waals surface area contributed by atoms with Crippen LogP contribution in [0.3, 0.4) is 0 Å². The molecule has 0 nitrogen and oxygen atoms in total. The van der Waals surface area contributed by atoms with Crippen LogP contribution < -0.4 is 0 Å². The van der Waals surface area contributed by atoms with E-state index in [1.54, 1.807) is 0 Å². The predicted octanol–water partition coefficient (Wildman–Crippen LogP) is 4.26. The van der Waals surface area contributed by atoms with E-state index in [1.807, 2.05) is 26.8 Å². The Kier molecular flexibility index (Phi) is 10.2. The highest BCUT2D eigenvalue weighted by atomic mass is 79.9. The van der Waals surface area contributed by atoms with Crippen LogP contribution in [0, 0.1) is 0 Å². The average molecular weight is 235 g/mol. The van der Waals surface area contributed by atoms with Crippen LogP contribution in [0.15, 0.2) is 34.6 Å². The third-order valence-corrected chi connectivity index (χ3v) is 1.62. The van der Waals surface area contributed by atoms with E-state index in [0.29, 0.717) is 0 Å². The van der Waals surface area contributed by atoms with Crippen LogP contribution in [-0.4, -0.2) is 0 Å². The van der Waals surface area contributed by atoms with Crippen LogP contribution in [0.2, 0.25) is 0 Å². The summed E-state index contributed by atoms with van der Waals surface area (Å²) in [4.78, 5) is 0. The topological polar surface area (TPSA) is 0 Å². The third-order valence-electron chi connectivity index (χ3n) is 0.830. The molecule has 0 bridgehead atoms. The van der Waals surface area contributed by atoms with E-state index >= 15 is 0 Å². The maximum Gasteiger partial charge on any atom is 0.0132 e. The Hall–Kier alpha value is 0.130. The largest absolute Gasteiger partial charge is 0.106 e. The number of allylic oxidation sites excluding steroid dienone is 4. The minimum Gasteiger partial charge on any atom is -0.106 e. The fourth-order valence-corrected chi connectivity index (χ4v) is 0.721. The van der Waals surface area contributed by atoms with E-state index in [0.717, 1.165) is 15.4 Å². The first-order chi connectivity index (χ1) is 5.04. The van der Waals surface area contributed by atoms with Gasteiger partial charge in [-0.1, -0.05) is 49.0 Å². The third kappa shape index (κ3) is 10.1. The Bertz CT molecular complexity index is 168. The lowest BCUT2D eigenvalue weighted by atomic mass is 10.3. The fourth-order valence-electron chi connectivity index (χ4n) is 0.356. The molecule has 0 aliphatic carbocycles. The molecule has 1 atom stereocenters. The van der Waals surface area contributed by atoms with Gasteiger partial charge in [0.2, 0.25) is 0 Å². The summed E-state index contributed by atoms with van der Waals surface area (Å²) < 4.78 is 0.908. The van der Waals surface area contributed by atoms with Gasteiger partial charge < -0.3 is 0 Å². The fraction of sp³-hybridized carbons (Fsp3) is 0.333. The second-order valence-corrected chi connectivity index (χ2v) is 3.51. The zero-order valence-corrected chi connectivity index (χ0v) is 10.2. The molecule has 0 amide bonds. The molecule has 0 aromatic carbocycles. The summed E-state index contributed by atoms with van der Waals surface area (Å²) in [7, 11) is 2.51. The maximum absolute atomic E-state index is 3.71. The van der Waals surface area contributed by atoms with Gasteiger partial charge in [-0.3, -0.25) is 0 Å². The normalized spacial score (nSPS) is 9.73. The van der Waals surface area contributed by atoms with Gasteiger partial charge in [0.05, 0.1) is 0 Å². The molecule has 2 heteroatoms. The summed E-state index contributed by atoms with van der Waals surface area (Å²) in [5, 5.41) is 0.966. The molecule has 11 heavy (non-hydrogen) atoms. The van der Waals surface area contributed by atoms with Gasteiger partial charge in [-0.15, -0.1) is 9.24 Å². The molecule has 64 valence electrons. The average Bonchev–Trinajstić information content (AvgIpc) is 1.90. The predicted molar refractivity (Wildman–Crippen MR) is 62.0 cm³/mol. The van der Waals surface area contributed by atoms with Crippen molar-refractivity contribution in [3.05, 3.63) is 34.6 Å². The van der Waals surface area contributed by atoms with Crippen molar-refractivity contribution in [3.8, 4) is 0 Å². The Morgan fingerprint density at radius 2 is 1.73 bits per heavy atom. The standard InChI is InChI=1S/C7H10BrP.C2H6/c1-5(7(3)8)4-6(2)9;1-2/h4H,2-3,9H2,1H3;1-2H3/b5-4-;. The van der Waals surface area contributed by atoms with Gasteiger partial charge in [0.15, 0.2) is 0 Å². The van der Waals surface area contributed by atoms with Gasteiger partial charge in [0, 0.05) is 4.48 Å². The molecular weight excluding hydrogens is 219 g/mol. The lowest BCUT2D eigenvalue weighted by molar-refractivity contribution is 1.50. The lowest BCUT2D eigenvalue weighted by Crippen LogP contribution is -1.70. The van der Waals surface area contributed by atoms with Gasteiger partial charge >= 0.3 is 0 Å².